The molecule has 0 N–H and O–H groups in total. The number of nitrogens with zero attached hydrogens (tertiary/aromatic N) is 3. The van der Waals surface area contributed by atoms with Crippen molar-refractivity contribution in [2.24, 2.45) is 0 Å². The number of hydrogen-bond acceptors (Lipinski definition) is 5. The number of fused-ring (bicyclic) bond motifs is 3. The van der Waals surface area contributed by atoms with Gasteiger partial charge in [-0.2, -0.15) is 0 Å². The minimum atomic E-state index is -0.325. The Morgan fingerprint density at radius 2 is 1.62 bits per heavy atom. The molecule has 7 heteroatoms. The van der Waals surface area contributed by atoms with Crippen LogP contribution in [0, 0.1) is 5.82 Å². The second-order valence-electron chi connectivity index (χ2n) is 7.17. The van der Waals surface area contributed by atoms with Crippen LogP contribution in [-0.4, -0.2) is 35.9 Å². The number of imidazole rings is 1. The van der Waals surface area contributed by atoms with Gasteiger partial charge in [-0.15, -0.1) is 0 Å². The lowest BCUT2D eigenvalue weighted by molar-refractivity contribution is 0.325. The number of para-hydroxylation sites is 1. The van der Waals surface area contributed by atoms with Crippen molar-refractivity contribution in [3.63, 3.8) is 0 Å². The number of aromatic nitrogens is 3. The highest BCUT2D eigenvalue weighted by Gasteiger charge is 2.19. The zero-order valence-corrected chi connectivity index (χ0v) is 17.8. The van der Waals surface area contributed by atoms with E-state index in [0.717, 1.165) is 27.5 Å². The maximum atomic E-state index is 14.6. The molecule has 5 aromatic rings. The Morgan fingerprint density at radius 3 is 2.38 bits per heavy atom. The van der Waals surface area contributed by atoms with E-state index >= 15 is 0 Å². The number of pyridine rings is 1. The van der Waals surface area contributed by atoms with Gasteiger partial charge in [-0.25, -0.2) is 9.37 Å². The Balaban J connectivity index is 1.79. The fourth-order valence-corrected chi connectivity index (χ4v) is 4.02. The van der Waals surface area contributed by atoms with E-state index in [1.807, 2.05) is 30.3 Å². The first-order valence-electron chi connectivity index (χ1n) is 9.96. The number of ether oxygens (including phenoxy) is 3. The molecule has 0 bridgehead atoms. The number of rotatable bonds is 5. The van der Waals surface area contributed by atoms with Gasteiger partial charge in [0.25, 0.3) is 0 Å². The van der Waals surface area contributed by atoms with Crippen LogP contribution in [0.25, 0.3) is 38.8 Å². The highest BCUT2D eigenvalue weighted by molar-refractivity contribution is 6.04. The van der Waals surface area contributed by atoms with Crippen LogP contribution >= 0.6 is 0 Å². The van der Waals surface area contributed by atoms with Gasteiger partial charge < -0.3 is 14.2 Å². The van der Waals surface area contributed by atoms with Gasteiger partial charge in [-0.3, -0.25) is 9.55 Å². The van der Waals surface area contributed by atoms with Crippen LogP contribution in [0.1, 0.15) is 0 Å². The van der Waals surface area contributed by atoms with Gasteiger partial charge >= 0.3 is 0 Å². The lowest BCUT2D eigenvalue weighted by Crippen LogP contribution is -1.98. The number of benzene rings is 3. The summed E-state index contributed by atoms with van der Waals surface area (Å²) < 4.78 is 32.9. The summed E-state index contributed by atoms with van der Waals surface area (Å²) in [6.07, 6.45) is 3.32. The summed E-state index contributed by atoms with van der Waals surface area (Å²) in [7, 11) is 4.75. The topological polar surface area (TPSA) is 58.4 Å². The highest BCUT2D eigenvalue weighted by atomic mass is 19.1. The molecule has 2 aromatic heterocycles. The Bertz CT molecular complexity index is 1460. The minimum Gasteiger partial charge on any atom is -0.493 e. The van der Waals surface area contributed by atoms with Crippen molar-refractivity contribution in [2.75, 3.05) is 21.3 Å². The summed E-state index contributed by atoms with van der Waals surface area (Å²) in [5.41, 5.74) is 4.39. The molecule has 2 heterocycles. The standard InChI is InChI=1S/C25H20FN3O3/c1-30-22-11-9-16(24(31-2)25(22)32-3)15-8-10-19-17(12-15)23-20(13-27-19)28-14-29(23)21-7-5-4-6-18(21)26/h4-14H,1-3H3. The van der Waals surface area contributed by atoms with Gasteiger partial charge in [0, 0.05) is 10.9 Å². The average molecular weight is 429 g/mol. The second kappa shape index (κ2) is 7.85. The van der Waals surface area contributed by atoms with E-state index in [1.54, 1.807) is 56.6 Å². The first-order valence-corrected chi connectivity index (χ1v) is 9.96. The molecule has 0 spiro atoms. The van der Waals surface area contributed by atoms with E-state index in [1.165, 1.54) is 6.07 Å². The molecule has 3 aromatic carbocycles. The highest BCUT2D eigenvalue weighted by Crippen LogP contribution is 2.45. The molecule has 0 aliphatic rings. The normalized spacial score (nSPS) is 11.1. The number of hydrogen-bond donors (Lipinski definition) is 0. The molecule has 5 rings (SSSR count). The smallest absolute Gasteiger partial charge is 0.203 e. The molecule has 0 amide bonds. The van der Waals surface area contributed by atoms with E-state index in [-0.39, 0.29) is 5.82 Å². The van der Waals surface area contributed by atoms with E-state index in [4.69, 9.17) is 14.2 Å². The van der Waals surface area contributed by atoms with Crippen LogP contribution in [0.3, 0.4) is 0 Å². The van der Waals surface area contributed by atoms with E-state index < -0.39 is 0 Å². The molecule has 0 unspecified atom stereocenters. The maximum Gasteiger partial charge on any atom is 0.203 e. The molecule has 0 saturated heterocycles. The summed E-state index contributed by atoms with van der Waals surface area (Å²) in [6.45, 7) is 0. The molecule has 0 saturated carbocycles. The van der Waals surface area contributed by atoms with Gasteiger partial charge in [-0.05, 0) is 42.0 Å². The molecular weight excluding hydrogens is 409 g/mol. The summed E-state index contributed by atoms with van der Waals surface area (Å²) in [5, 5.41) is 0.845. The number of methoxy groups -OCH3 is 3. The molecule has 160 valence electrons. The zero-order chi connectivity index (χ0) is 22.2. The van der Waals surface area contributed by atoms with Gasteiger partial charge in [-0.1, -0.05) is 18.2 Å². The van der Waals surface area contributed by atoms with Crippen LogP contribution < -0.4 is 14.2 Å². The Morgan fingerprint density at radius 1 is 0.812 bits per heavy atom. The first kappa shape index (κ1) is 19.8. The zero-order valence-electron chi connectivity index (χ0n) is 17.8. The molecule has 32 heavy (non-hydrogen) atoms. The molecule has 0 atom stereocenters. The predicted octanol–water partition coefficient (Wildman–Crippen LogP) is 5.41. The molecule has 6 nitrogen and oxygen atoms in total. The summed E-state index contributed by atoms with van der Waals surface area (Å²) in [6, 6.07) is 16.3. The van der Waals surface area contributed by atoms with Crippen LogP contribution in [0.4, 0.5) is 4.39 Å². The Hall–Kier alpha value is -4.13. The van der Waals surface area contributed by atoms with E-state index in [2.05, 4.69) is 9.97 Å². The van der Waals surface area contributed by atoms with Crippen molar-refractivity contribution in [1.82, 2.24) is 14.5 Å². The fourth-order valence-electron chi connectivity index (χ4n) is 4.02. The van der Waals surface area contributed by atoms with Gasteiger partial charge in [0.1, 0.15) is 17.7 Å². The lowest BCUT2D eigenvalue weighted by atomic mass is 10.0. The third-order valence-corrected chi connectivity index (χ3v) is 5.50. The SMILES string of the molecule is COc1ccc(-c2ccc3ncc4ncn(-c5ccccc5F)c4c3c2)c(OC)c1OC. The summed E-state index contributed by atoms with van der Waals surface area (Å²) in [4.78, 5) is 8.98. The van der Waals surface area contributed by atoms with Crippen molar-refractivity contribution < 1.29 is 18.6 Å². The van der Waals surface area contributed by atoms with Crippen molar-refractivity contribution in [1.29, 1.82) is 0 Å². The monoisotopic (exact) mass is 429 g/mol. The van der Waals surface area contributed by atoms with Gasteiger partial charge in [0.05, 0.1) is 44.2 Å². The lowest BCUT2D eigenvalue weighted by Gasteiger charge is -2.16. The first-order chi connectivity index (χ1) is 15.7. The molecular formula is C25H20FN3O3. The van der Waals surface area contributed by atoms with E-state index in [9.17, 15) is 4.39 Å². The second-order valence-corrected chi connectivity index (χ2v) is 7.17. The molecule has 0 aliphatic heterocycles. The summed E-state index contributed by atoms with van der Waals surface area (Å²) >= 11 is 0. The quantitative estimate of drug-likeness (QED) is 0.374. The van der Waals surface area contributed by atoms with Crippen LogP contribution in [-0.2, 0) is 0 Å². The van der Waals surface area contributed by atoms with Crippen LogP contribution in [0.15, 0.2) is 67.1 Å². The van der Waals surface area contributed by atoms with Crippen molar-refractivity contribution in [3.05, 3.63) is 72.9 Å². The van der Waals surface area contributed by atoms with Gasteiger partial charge in [0.15, 0.2) is 11.5 Å². The van der Waals surface area contributed by atoms with Gasteiger partial charge in [0.2, 0.25) is 5.75 Å². The predicted molar refractivity (Wildman–Crippen MR) is 121 cm³/mol. The molecule has 0 radical (unpaired) electrons. The fraction of sp³-hybridized carbons (Fsp3) is 0.120. The average Bonchev–Trinajstić information content (AvgIpc) is 3.27. The maximum absolute atomic E-state index is 14.6. The van der Waals surface area contributed by atoms with Crippen molar-refractivity contribution in [3.8, 4) is 34.1 Å². The Labute approximate surface area is 183 Å². The van der Waals surface area contributed by atoms with Crippen LogP contribution in [0.2, 0.25) is 0 Å². The molecule has 0 aliphatic carbocycles. The van der Waals surface area contributed by atoms with Crippen molar-refractivity contribution in [2.45, 2.75) is 0 Å². The largest absolute Gasteiger partial charge is 0.493 e. The third-order valence-electron chi connectivity index (χ3n) is 5.50. The molecule has 0 fully saturated rings. The minimum absolute atomic E-state index is 0.325. The summed E-state index contributed by atoms with van der Waals surface area (Å²) in [5.74, 6) is 1.33. The number of halogens is 1. The Kier molecular flexibility index (Phi) is 4.86. The van der Waals surface area contributed by atoms with Crippen molar-refractivity contribution >= 4 is 21.9 Å². The van der Waals surface area contributed by atoms with E-state index in [0.29, 0.717) is 28.5 Å². The third kappa shape index (κ3) is 3.01. The van der Waals surface area contributed by atoms with Crippen LogP contribution in [0.5, 0.6) is 17.2 Å².